The van der Waals surface area contributed by atoms with Crippen LogP contribution in [0.25, 0.3) is 0 Å². The molecule has 1 N–H and O–H groups in total. The zero-order valence-electron chi connectivity index (χ0n) is 18.3. The van der Waals surface area contributed by atoms with Gasteiger partial charge in [0, 0.05) is 18.6 Å². The fourth-order valence-corrected chi connectivity index (χ4v) is 4.25. The zero-order valence-corrected chi connectivity index (χ0v) is 18.3. The van der Waals surface area contributed by atoms with E-state index in [1.807, 2.05) is 0 Å². The summed E-state index contributed by atoms with van der Waals surface area (Å²) in [5.74, 6) is 0. The molecule has 0 spiro atoms. The molecule has 0 radical (unpaired) electrons. The van der Waals surface area contributed by atoms with E-state index >= 15 is 0 Å². The topological polar surface area (TPSA) is 21.3 Å². The fourth-order valence-electron chi connectivity index (χ4n) is 4.25. The molecule has 0 aliphatic carbocycles. The van der Waals surface area contributed by atoms with Crippen molar-refractivity contribution in [3.05, 3.63) is 58.7 Å². The zero-order chi connectivity index (χ0) is 19.9. The number of allylic oxidation sites excluding steroid dienone is 2. The molecule has 1 heterocycles. The van der Waals surface area contributed by atoms with Crippen LogP contribution in [0.15, 0.2) is 47.6 Å². The van der Waals surface area contributed by atoms with Crippen molar-refractivity contribution in [3.63, 3.8) is 0 Å². The van der Waals surface area contributed by atoms with Gasteiger partial charge in [-0.2, -0.15) is 0 Å². The molecule has 2 nitrogen and oxygen atoms in total. The van der Waals surface area contributed by atoms with Crippen molar-refractivity contribution in [2.75, 3.05) is 19.7 Å². The summed E-state index contributed by atoms with van der Waals surface area (Å²) < 4.78 is 6.18. The molecule has 1 aromatic rings. The number of ether oxygens (including phenoxy) is 1. The van der Waals surface area contributed by atoms with Crippen molar-refractivity contribution in [1.82, 2.24) is 5.32 Å². The average molecular weight is 370 g/mol. The highest BCUT2D eigenvalue weighted by molar-refractivity contribution is 5.30. The molecular weight excluding hydrogens is 330 g/mol. The minimum Gasteiger partial charge on any atom is -0.375 e. The summed E-state index contributed by atoms with van der Waals surface area (Å²) >= 11 is 0. The summed E-state index contributed by atoms with van der Waals surface area (Å²) in [7, 11) is 0. The highest BCUT2D eigenvalue weighted by atomic mass is 16.5. The number of hydrogen-bond donors (Lipinski definition) is 1. The number of rotatable bonds is 8. The van der Waals surface area contributed by atoms with Crippen LogP contribution < -0.4 is 5.32 Å². The number of benzene rings is 1. The quantitative estimate of drug-likeness (QED) is 0.441. The fraction of sp³-hybridized carbons (Fsp3) is 0.600. The third-order valence-corrected chi connectivity index (χ3v) is 6.11. The van der Waals surface area contributed by atoms with Gasteiger partial charge in [-0.05, 0) is 78.0 Å². The van der Waals surface area contributed by atoms with Crippen LogP contribution in [0.5, 0.6) is 0 Å². The summed E-state index contributed by atoms with van der Waals surface area (Å²) in [4.78, 5) is 0. The highest BCUT2D eigenvalue weighted by Gasteiger charge is 2.43. The molecule has 1 unspecified atom stereocenters. The second-order valence-corrected chi connectivity index (χ2v) is 8.74. The highest BCUT2D eigenvalue weighted by Crippen LogP contribution is 2.45. The second-order valence-electron chi connectivity index (χ2n) is 8.74. The normalized spacial score (nSPS) is 26.1. The maximum atomic E-state index is 6.18. The number of aryl methyl sites for hydroxylation is 1. The van der Waals surface area contributed by atoms with Gasteiger partial charge >= 0.3 is 0 Å². The Morgan fingerprint density at radius 3 is 2.52 bits per heavy atom. The first-order valence-electron chi connectivity index (χ1n) is 10.5. The Kier molecular flexibility index (Phi) is 7.88. The number of hydrogen-bond acceptors (Lipinski definition) is 2. The Morgan fingerprint density at radius 1 is 1.22 bits per heavy atom. The predicted molar refractivity (Wildman–Crippen MR) is 117 cm³/mol. The van der Waals surface area contributed by atoms with Crippen LogP contribution in [0, 0.1) is 6.92 Å². The van der Waals surface area contributed by atoms with E-state index in [0.29, 0.717) is 0 Å². The van der Waals surface area contributed by atoms with Gasteiger partial charge in [-0.1, -0.05) is 54.5 Å². The molecule has 150 valence electrons. The van der Waals surface area contributed by atoms with Crippen molar-refractivity contribution in [2.24, 2.45) is 0 Å². The smallest absolute Gasteiger partial charge is 0.0660 e. The van der Waals surface area contributed by atoms with Gasteiger partial charge < -0.3 is 10.1 Å². The Morgan fingerprint density at radius 2 is 1.93 bits per heavy atom. The minimum absolute atomic E-state index is 0.0142. The van der Waals surface area contributed by atoms with E-state index in [2.05, 4.69) is 83.3 Å². The SMILES string of the molecule is C/C=C(\C=C(C)C)CNCC[C@@]1(c2ccc(C)cc2)CCOC(C)(CC)C1. The molecule has 0 saturated carbocycles. The Bertz CT molecular complexity index is 653. The van der Waals surface area contributed by atoms with Crippen molar-refractivity contribution in [2.45, 2.75) is 78.2 Å². The molecule has 1 aliphatic heterocycles. The van der Waals surface area contributed by atoms with Crippen LogP contribution in [0.4, 0.5) is 0 Å². The first kappa shape index (κ1) is 21.9. The van der Waals surface area contributed by atoms with Gasteiger partial charge in [-0.25, -0.2) is 0 Å². The molecule has 1 aromatic carbocycles. The van der Waals surface area contributed by atoms with E-state index in [-0.39, 0.29) is 11.0 Å². The molecule has 2 heteroatoms. The lowest BCUT2D eigenvalue weighted by atomic mass is 9.66. The van der Waals surface area contributed by atoms with Crippen LogP contribution in [0.1, 0.15) is 71.4 Å². The van der Waals surface area contributed by atoms with E-state index < -0.39 is 0 Å². The van der Waals surface area contributed by atoms with E-state index in [1.165, 1.54) is 22.3 Å². The molecule has 1 fully saturated rings. The summed E-state index contributed by atoms with van der Waals surface area (Å²) in [6.45, 7) is 16.0. The van der Waals surface area contributed by atoms with Crippen LogP contribution >= 0.6 is 0 Å². The standard InChI is InChI=1S/C25H39NO/c1-7-22(17-20(3)4)18-26-15-13-25(23-11-9-21(5)10-12-23)14-16-27-24(6,8-2)19-25/h7,9-12,17,26H,8,13-16,18-19H2,1-6H3/b22-7+/t24?,25-/m1/s1. The first-order valence-corrected chi connectivity index (χ1v) is 10.5. The summed E-state index contributed by atoms with van der Waals surface area (Å²) in [5.41, 5.74) is 5.72. The third-order valence-electron chi connectivity index (χ3n) is 6.11. The van der Waals surface area contributed by atoms with Gasteiger partial charge in [0.1, 0.15) is 0 Å². The van der Waals surface area contributed by atoms with Gasteiger partial charge in [-0.3, -0.25) is 0 Å². The molecule has 2 atom stereocenters. The third kappa shape index (κ3) is 6.05. The van der Waals surface area contributed by atoms with E-state index in [4.69, 9.17) is 4.74 Å². The number of nitrogens with one attached hydrogen (secondary N) is 1. The predicted octanol–water partition coefficient (Wildman–Crippen LogP) is 6.10. The van der Waals surface area contributed by atoms with E-state index in [1.54, 1.807) is 0 Å². The molecular formula is C25H39NO. The molecule has 0 bridgehead atoms. The maximum absolute atomic E-state index is 6.18. The first-order chi connectivity index (χ1) is 12.8. The van der Waals surface area contributed by atoms with E-state index in [0.717, 1.165) is 45.4 Å². The minimum atomic E-state index is -0.0142. The lowest BCUT2D eigenvalue weighted by molar-refractivity contribution is -0.0979. The van der Waals surface area contributed by atoms with Gasteiger partial charge in [-0.15, -0.1) is 0 Å². The molecule has 0 aromatic heterocycles. The van der Waals surface area contributed by atoms with Crippen LogP contribution in [-0.2, 0) is 10.2 Å². The molecule has 2 rings (SSSR count). The largest absolute Gasteiger partial charge is 0.375 e. The Hall–Kier alpha value is -1.38. The maximum Gasteiger partial charge on any atom is 0.0660 e. The molecule has 1 saturated heterocycles. The van der Waals surface area contributed by atoms with Crippen molar-refractivity contribution < 1.29 is 4.74 Å². The average Bonchev–Trinajstić information content (AvgIpc) is 2.64. The molecule has 1 aliphatic rings. The molecule has 0 amide bonds. The van der Waals surface area contributed by atoms with Crippen LogP contribution in [0.3, 0.4) is 0 Å². The lowest BCUT2D eigenvalue weighted by Crippen LogP contribution is -2.46. The monoisotopic (exact) mass is 369 g/mol. The van der Waals surface area contributed by atoms with Gasteiger partial charge in [0.25, 0.3) is 0 Å². The lowest BCUT2D eigenvalue weighted by Gasteiger charge is -2.47. The van der Waals surface area contributed by atoms with Gasteiger partial charge in [0.15, 0.2) is 0 Å². The van der Waals surface area contributed by atoms with Crippen molar-refractivity contribution >= 4 is 0 Å². The summed E-state index contributed by atoms with van der Waals surface area (Å²) in [5, 5.41) is 3.69. The Balaban J connectivity index is 2.12. The summed E-state index contributed by atoms with van der Waals surface area (Å²) in [6, 6.07) is 9.21. The second kappa shape index (κ2) is 9.71. The van der Waals surface area contributed by atoms with Crippen LogP contribution in [-0.4, -0.2) is 25.3 Å². The van der Waals surface area contributed by atoms with Gasteiger partial charge in [0.05, 0.1) is 5.60 Å². The van der Waals surface area contributed by atoms with Crippen LogP contribution in [0.2, 0.25) is 0 Å². The Labute approximate surface area is 167 Å². The van der Waals surface area contributed by atoms with E-state index in [9.17, 15) is 0 Å². The molecule has 27 heavy (non-hydrogen) atoms. The van der Waals surface area contributed by atoms with Crippen molar-refractivity contribution in [3.8, 4) is 0 Å². The van der Waals surface area contributed by atoms with Gasteiger partial charge in [0.2, 0.25) is 0 Å². The van der Waals surface area contributed by atoms with Crippen molar-refractivity contribution in [1.29, 1.82) is 0 Å². The summed E-state index contributed by atoms with van der Waals surface area (Å²) in [6.07, 6.45) is 8.91.